The van der Waals surface area contributed by atoms with Crippen LogP contribution in [0.5, 0.6) is 5.75 Å². The molecule has 3 rings (SSSR count). The van der Waals surface area contributed by atoms with Crippen LogP contribution in [-0.4, -0.2) is 11.1 Å². The van der Waals surface area contributed by atoms with Gasteiger partial charge in [-0.05, 0) is 31.0 Å². The average Bonchev–Trinajstić information content (AvgIpc) is 2.60. The van der Waals surface area contributed by atoms with Gasteiger partial charge in [-0.25, -0.2) is 0 Å². The first-order chi connectivity index (χ1) is 7.83. The molecule has 1 aliphatic rings. The average molecular weight is 233 g/mol. The molecule has 2 nitrogen and oxygen atoms in total. The van der Waals surface area contributed by atoms with E-state index in [4.69, 9.17) is 0 Å². The Morgan fingerprint density at radius 3 is 2.94 bits per heavy atom. The minimum atomic E-state index is 0.392. The molecule has 1 aromatic heterocycles. The summed E-state index contributed by atoms with van der Waals surface area (Å²) < 4.78 is 1.17. The molecule has 1 saturated carbocycles. The lowest BCUT2D eigenvalue weighted by Gasteiger charge is -2.26. The molecule has 0 saturated heterocycles. The van der Waals surface area contributed by atoms with Crippen molar-refractivity contribution in [1.29, 1.82) is 0 Å². The van der Waals surface area contributed by atoms with Crippen LogP contribution in [0.1, 0.15) is 24.1 Å². The number of hydrogen-bond acceptors (Lipinski definition) is 3. The maximum atomic E-state index is 9.71. The second kappa shape index (κ2) is 4.07. The van der Waals surface area contributed by atoms with Crippen LogP contribution in [0.2, 0.25) is 0 Å². The topological polar surface area (TPSA) is 32.3 Å². The number of phenolic OH excluding ortho intramolecular Hbond substituents is 1. The quantitative estimate of drug-likeness (QED) is 0.853. The predicted molar refractivity (Wildman–Crippen MR) is 68.0 cm³/mol. The highest BCUT2D eigenvalue weighted by molar-refractivity contribution is 7.19. The van der Waals surface area contributed by atoms with E-state index in [2.05, 4.69) is 17.4 Å². The van der Waals surface area contributed by atoms with Gasteiger partial charge in [-0.2, -0.15) is 0 Å². The fourth-order valence-corrected chi connectivity index (χ4v) is 3.08. The Hall–Kier alpha value is -1.06. The van der Waals surface area contributed by atoms with Gasteiger partial charge in [-0.1, -0.05) is 12.5 Å². The van der Waals surface area contributed by atoms with Crippen molar-refractivity contribution in [2.45, 2.75) is 31.8 Å². The molecule has 2 N–H and O–H groups in total. The zero-order valence-corrected chi connectivity index (χ0v) is 9.89. The van der Waals surface area contributed by atoms with E-state index in [9.17, 15) is 5.11 Å². The third-order valence-corrected chi connectivity index (χ3v) is 4.36. The molecule has 0 spiro atoms. The SMILES string of the molecule is Oc1cccc2sc(CNC3CCC3)cc12. The first-order valence-electron chi connectivity index (χ1n) is 5.77. The minimum absolute atomic E-state index is 0.392. The summed E-state index contributed by atoms with van der Waals surface area (Å²) in [6.07, 6.45) is 4.00. The summed E-state index contributed by atoms with van der Waals surface area (Å²) in [5, 5.41) is 14.2. The van der Waals surface area contributed by atoms with Gasteiger partial charge in [0.15, 0.2) is 0 Å². The highest BCUT2D eigenvalue weighted by atomic mass is 32.1. The lowest BCUT2D eigenvalue weighted by Crippen LogP contribution is -2.34. The van der Waals surface area contributed by atoms with Crippen LogP contribution in [0.25, 0.3) is 10.1 Å². The summed E-state index contributed by atoms with van der Waals surface area (Å²) in [4.78, 5) is 1.31. The summed E-state index contributed by atoms with van der Waals surface area (Å²) in [5.74, 6) is 0.392. The number of rotatable bonds is 3. The molecular weight excluding hydrogens is 218 g/mol. The van der Waals surface area contributed by atoms with Crippen molar-refractivity contribution in [3.63, 3.8) is 0 Å². The molecule has 0 amide bonds. The third kappa shape index (κ3) is 1.81. The number of fused-ring (bicyclic) bond motifs is 1. The van der Waals surface area contributed by atoms with Crippen LogP contribution in [0.4, 0.5) is 0 Å². The normalized spacial score (nSPS) is 16.5. The van der Waals surface area contributed by atoms with Crippen molar-refractivity contribution in [2.75, 3.05) is 0 Å². The fraction of sp³-hybridized carbons (Fsp3) is 0.385. The van der Waals surface area contributed by atoms with Crippen LogP contribution in [0.15, 0.2) is 24.3 Å². The van der Waals surface area contributed by atoms with Crippen molar-refractivity contribution in [3.05, 3.63) is 29.1 Å². The van der Waals surface area contributed by atoms with Gasteiger partial charge in [0.25, 0.3) is 0 Å². The molecule has 1 heterocycles. The van der Waals surface area contributed by atoms with Crippen LogP contribution in [0, 0.1) is 0 Å². The van der Waals surface area contributed by atoms with Crippen molar-refractivity contribution >= 4 is 21.4 Å². The summed E-state index contributed by atoms with van der Waals surface area (Å²) in [7, 11) is 0. The number of hydrogen-bond donors (Lipinski definition) is 2. The van der Waals surface area contributed by atoms with E-state index in [1.807, 2.05) is 6.07 Å². The molecule has 0 radical (unpaired) electrons. The van der Waals surface area contributed by atoms with Crippen LogP contribution in [-0.2, 0) is 6.54 Å². The van der Waals surface area contributed by atoms with Gasteiger partial charge in [-0.3, -0.25) is 0 Å². The Morgan fingerprint density at radius 1 is 1.38 bits per heavy atom. The Kier molecular flexibility index (Phi) is 2.58. The largest absolute Gasteiger partial charge is 0.507 e. The number of nitrogens with one attached hydrogen (secondary N) is 1. The number of benzene rings is 1. The second-order valence-corrected chi connectivity index (χ2v) is 5.58. The third-order valence-electron chi connectivity index (χ3n) is 3.26. The van der Waals surface area contributed by atoms with Crippen molar-refractivity contribution in [2.24, 2.45) is 0 Å². The molecule has 0 aliphatic heterocycles. The summed E-state index contributed by atoms with van der Waals surface area (Å²) in [6, 6.07) is 8.53. The maximum Gasteiger partial charge on any atom is 0.124 e. The van der Waals surface area contributed by atoms with Crippen molar-refractivity contribution < 1.29 is 5.11 Å². The Bertz CT molecular complexity index is 502. The van der Waals surface area contributed by atoms with E-state index in [1.54, 1.807) is 17.4 Å². The smallest absolute Gasteiger partial charge is 0.124 e. The molecule has 0 bridgehead atoms. The number of phenols is 1. The number of aromatic hydroxyl groups is 1. The predicted octanol–water partition coefficient (Wildman–Crippen LogP) is 3.25. The van der Waals surface area contributed by atoms with Crippen LogP contribution in [0.3, 0.4) is 0 Å². The molecule has 1 aliphatic carbocycles. The second-order valence-electron chi connectivity index (χ2n) is 4.41. The standard InChI is InChI=1S/C13H15NOS/c15-12-5-2-6-13-11(12)7-10(16-13)8-14-9-3-1-4-9/h2,5-7,9,14-15H,1,3-4,8H2. The summed E-state index contributed by atoms with van der Waals surface area (Å²) in [6.45, 7) is 0.934. The molecule has 3 heteroatoms. The Balaban J connectivity index is 1.79. The van der Waals surface area contributed by atoms with E-state index >= 15 is 0 Å². The van der Waals surface area contributed by atoms with E-state index < -0.39 is 0 Å². The Labute approximate surface area is 98.9 Å². The van der Waals surface area contributed by atoms with E-state index in [-0.39, 0.29) is 0 Å². The molecule has 0 atom stereocenters. The van der Waals surface area contributed by atoms with E-state index in [0.29, 0.717) is 5.75 Å². The summed E-state index contributed by atoms with van der Waals surface area (Å²) in [5.41, 5.74) is 0. The lowest BCUT2D eigenvalue weighted by molar-refractivity contribution is 0.339. The highest BCUT2D eigenvalue weighted by Gasteiger charge is 2.16. The van der Waals surface area contributed by atoms with E-state index in [1.165, 1.54) is 28.8 Å². The fourth-order valence-electron chi connectivity index (χ4n) is 2.04. The number of thiophene rings is 1. The molecule has 0 unspecified atom stereocenters. The van der Waals surface area contributed by atoms with Crippen LogP contribution >= 0.6 is 11.3 Å². The van der Waals surface area contributed by atoms with Crippen LogP contribution < -0.4 is 5.32 Å². The van der Waals surface area contributed by atoms with Crippen molar-refractivity contribution in [1.82, 2.24) is 5.32 Å². The van der Waals surface area contributed by atoms with Gasteiger partial charge in [0.2, 0.25) is 0 Å². The first kappa shape index (κ1) is 10.1. The molecule has 84 valence electrons. The van der Waals surface area contributed by atoms with Gasteiger partial charge in [0.1, 0.15) is 5.75 Å². The van der Waals surface area contributed by atoms with Gasteiger partial charge in [0, 0.05) is 27.5 Å². The molecule has 1 fully saturated rings. The Morgan fingerprint density at radius 2 is 2.25 bits per heavy atom. The summed E-state index contributed by atoms with van der Waals surface area (Å²) >= 11 is 1.77. The van der Waals surface area contributed by atoms with Gasteiger partial charge >= 0.3 is 0 Å². The lowest BCUT2D eigenvalue weighted by atomic mass is 9.93. The monoisotopic (exact) mass is 233 g/mol. The molecule has 1 aromatic carbocycles. The van der Waals surface area contributed by atoms with Gasteiger partial charge < -0.3 is 10.4 Å². The minimum Gasteiger partial charge on any atom is -0.507 e. The molecule has 2 aromatic rings. The zero-order chi connectivity index (χ0) is 11.0. The zero-order valence-electron chi connectivity index (χ0n) is 9.07. The van der Waals surface area contributed by atoms with Gasteiger partial charge in [-0.15, -0.1) is 11.3 Å². The maximum absolute atomic E-state index is 9.71. The van der Waals surface area contributed by atoms with Gasteiger partial charge in [0.05, 0.1) is 0 Å². The van der Waals surface area contributed by atoms with E-state index in [0.717, 1.165) is 18.0 Å². The van der Waals surface area contributed by atoms with Crippen molar-refractivity contribution in [3.8, 4) is 5.75 Å². The molecule has 16 heavy (non-hydrogen) atoms. The molecular formula is C13H15NOS. The highest BCUT2D eigenvalue weighted by Crippen LogP contribution is 2.32. The first-order valence-corrected chi connectivity index (χ1v) is 6.58.